The first-order valence-electron chi connectivity index (χ1n) is 7.11. The molecule has 112 valence electrons. The summed E-state index contributed by atoms with van der Waals surface area (Å²) < 4.78 is 6.23. The van der Waals surface area contributed by atoms with E-state index < -0.39 is 8.32 Å². The molecule has 0 N–H and O–H groups in total. The summed E-state index contributed by atoms with van der Waals surface area (Å²) in [5.41, 5.74) is 1.81. The Hall–Kier alpha value is -1.32. The fourth-order valence-electron chi connectivity index (χ4n) is 1.72. The van der Waals surface area contributed by atoms with E-state index in [1.807, 2.05) is 36.4 Å². The molecular formula is C17H22ClNOSi. The van der Waals surface area contributed by atoms with Crippen LogP contribution < -0.4 is 4.43 Å². The second kappa shape index (κ2) is 5.82. The maximum atomic E-state index is 6.23. The van der Waals surface area contributed by atoms with Crippen LogP contribution in [0.4, 0.5) is 0 Å². The van der Waals surface area contributed by atoms with E-state index in [0.29, 0.717) is 5.02 Å². The van der Waals surface area contributed by atoms with Gasteiger partial charge in [-0.05, 0) is 36.3 Å². The molecule has 0 amide bonds. The summed E-state index contributed by atoms with van der Waals surface area (Å²) in [5.74, 6) is 0.831. The zero-order chi connectivity index (χ0) is 15.7. The lowest BCUT2D eigenvalue weighted by Crippen LogP contribution is -2.43. The Bertz CT molecular complexity index is 617. The van der Waals surface area contributed by atoms with Crippen LogP contribution >= 0.6 is 11.6 Å². The zero-order valence-corrected chi connectivity index (χ0v) is 15.0. The summed E-state index contributed by atoms with van der Waals surface area (Å²) in [5, 5.41) is 0.886. The summed E-state index contributed by atoms with van der Waals surface area (Å²) in [7, 11) is -1.82. The maximum absolute atomic E-state index is 6.23. The average Bonchev–Trinajstić information content (AvgIpc) is 2.39. The van der Waals surface area contributed by atoms with Crippen LogP contribution in [0.3, 0.4) is 0 Å². The van der Waals surface area contributed by atoms with E-state index in [-0.39, 0.29) is 5.04 Å². The van der Waals surface area contributed by atoms with Crippen LogP contribution in [0.25, 0.3) is 11.3 Å². The fourth-order valence-corrected chi connectivity index (χ4v) is 2.97. The van der Waals surface area contributed by atoms with Gasteiger partial charge in [0, 0.05) is 10.6 Å². The van der Waals surface area contributed by atoms with Gasteiger partial charge >= 0.3 is 0 Å². The lowest BCUT2D eigenvalue weighted by atomic mass is 10.1. The number of aromatic nitrogens is 1. The summed E-state index contributed by atoms with van der Waals surface area (Å²) in [6, 6.07) is 11.7. The largest absolute Gasteiger partial charge is 0.542 e. The molecule has 0 spiro atoms. The van der Waals surface area contributed by atoms with Crippen molar-refractivity contribution in [2.24, 2.45) is 0 Å². The van der Waals surface area contributed by atoms with Crippen molar-refractivity contribution >= 4 is 19.9 Å². The van der Waals surface area contributed by atoms with E-state index in [1.54, 1.807) is 6.20 Å². The first-order valence-corrected chi connectivity index (χ1v) is 10.4. The molecule has 2 aromatic rings. The van der Waals surface area contributed by atoms with Crippen molar-refractivity contribution in [2.75, 3.05) is 0 Å². The van der Waals surface area contributed by atoms with Crippen molar-refractivity contribution in [3.05, 3.63) is 47.6 Å². The minimum Gasteiger partial charge on any atom is -0.542 e. The number of nitrogens with zero attached hydrogens (tertiary/aromatic N) is 1. The Morgan fingerprint density at radius 1 is 1.05 bits per heavy atom. The second-order valence-electron chi connectivity index (χ2n) is 6.72. The van der Waals surface area contributed by atoms with E-state index in [9.17, 15) is 0 Å². The molecule has 0 unspecified atom stereocenters. The smallest absolute Gasteiger partial charge is 0.250 e. The minimum atomic E-state index is -1.82. The highest BCUT2D eigenvalue weighted by Crippen LogP contribution is 2.37. The number of pyridine rings is 1. The molecular weight excluding hydrogens is 298 g/mol. The fraction of sp³-hybridized carbons (Fsp3) is 0.353. The quantitative estimate of drug-likeness (QED) is 0.668. The van der Waals surface area contributed by atoms with E-state index in [0.717, 1.165) is 17.0 Å². The van der Waals surface area contributed by atoms with Crippen molar-refractivity contribution in [1.82, 2.24) is 4.98 Å². The normalized spacial score (nSPS) is 12.3. The van der Waals surface area contributed by atoms with Gasteiger partial charge in [-0.25, -0.2) is 0 Å². The predicted molar refractivity (Wildman–Crippen MR) is 92.5 cm³/mol. The third-order valence-corrected chi connectivity index (χ3v) is 8.75. The molecule has 0 saturated carbocycles. The Morgan fingerprint density at radius 3 is 2.24 bits per heavy atom. The molecule has 0 aliphatic rings. The van der Waals surface area contributed by atoms with Crippen LogP contribution in [-0.4, -0.2) is 13.3 Å². The van der Waals surface area contributed by atoms with Gasteiger partial charge in [-0.2, -0.15) is 0 Å². The van der Waals surface area contributed by atoms with Crippen molar-refractivity contribution in [3.8, 4) is 17.0 Å². The van der Waals surface area contributed by atoms with Crippen molar-refractivity contribution in [2.45, 2.75) is 38.9 Å². The lowest BCUT2D eigenvalue weighted by Gasteiger charge is -2.36. The molecule has 1 aromatic carbocycles. The van der Waals surface area contributed by atoms with Crippen LogP contribution in [0, 0.1) is 0 Å². The SMILES string of the molecule is CC(C)(C)[Si](C)(C)Oc1ccc(-c2ccccc2Cl)nc1. The number of benzene rings is 1. The van der Waals surface area contributed by atoms with Gasteiger partial charge in [0.15, 0.2) is 0 Å². The van der Waals surface area contributed by atoms with Crippen molar-refractivity contribution in [3.63, 3.8) is 0 Å². The summed E-state index contributed by atoms with van der Waals surface area (Å²) in [6.45, 7) is 11.1. The average molecular weight is 320 g/mol. The lowest BCUT2D eigenvalue weighted by molar-refractivity contribution is 0.490. The van der Waals surface area contributed by atoms with E-state index in [1.165, 1.54) is 0 Å². The second-order valence-corrected chi connectivity index (χ2v) is 11.9. The number of hydrogen-bond donors (Lipinski definition) is 0. The summed E-state index contributed by atoms with van der Waals surface area (Å²) in [6.07, 6.45) is 1.79. The topological polar surface area (TPSA) is 22.1 Å². The van der Waals surface area contributed by atoms with E-state index in [4.69, 9.17) is 16.0 Å². The number of hydrogen-bond acceptors (Lipinski definition) is 2. The van der Waals surface area contributed by atoms with Crippen LogP contribution in [0.1, 0.15) is 20.8 Å². The van der Waals surface area contributed by atoms with Gasteiger partial charge in [0.2, 0.25) is 0 Å². The summed E-state index contributed by atoms with van der Waals surface area (Å²) >= 11 is 6.20. The van der Waals surface area contributed by atoms with E-state index in [2.05, 4.69) is 38.8 Å². The van der Waals surface area contributed by atoms with Crippen LogP contribution in [-0.2, 0) is 0 Å². The molecule has 4 heteroatoms. The number of halogens is 1. The van der Waals surface area contributed by atoms with Gasteiger partial charge in [-0.3, -0.25) is 4.98 Å². The van der Waals surface area contributed by atoms with Gasteiger partial charge in [-0.15, -0.1) is 0 Å². The Kier molecular flexibility index (Phi) is 4.45. The van der Waals surface area contributed by atoms with Crippen LogP contribution in [0.2, 0.25) is 23.2 Å². The van der Waals surface area contributed by atoms with Gasteiger partial charge in [0.05, 0.1) is 11.9 Å². The molecule has 1 aromatic heterocycles. The standard InChI is InChI=1S/C17H22ClNOSi/c1-17(2,3)21(4,5)20-13-10-11-16(19-12-13)14-8-6-7-9-15(14)18/h6-12H,1-5H3. The third-order valence-electron chi connectivity index (χ3n) is 4.07. The molecule has 0 bridgehead atoms. The molecule has 0 aliphatic heterocycles. The molecule has 2 rings (SSSR count). The van der Waals surface area contributed by atoms with Gasteiger partial charge in [0.1, 0.15) is 5.75 Å². The zero-order valence-electron chi connectivity index (χ0n) is 13.3. The first kappa shape index (κ1) is 16.1. The molecule has 1 heterocycles. The Morgan fingerprint density at radius 2 is 1.71 bits per heavy atom. The van der Waals surface area contributed by atoms with Gasteiger partial charge < -0.3 is 4.43 Å². The Balaban J connectivity index is 2.23. The molecule has 0 aliphatic carbocycles. The summed E-state index contributed by atoms with van der Waals surface area (Å²) in [4.78, 5) is 4.49. The molecule has 0 saturated heterocycles. The van der Waals surface area contributed by atoms with Crippen LogP contribution in [0.15, 0.2) is 42.6 Å². The minimum absolute atomic E-state index is 0.175. The molecule has 0 fully saturated rings. The molecule has 21 heavy (non-hydrogen) atoms. The van der Waals surface area contributed by atoms with Gasteiger partial charge in [0.25, 0.3) is 8.32 Å². The highest BCUT2D eigenvalue weighted by atomic mass is 35.5. The predicted octanol–water partition coefficient (Wildman–Crippen LogP) is 5.79. The highest BCUT2D eigenvalue weighted by molar-refractivity contribution is 6.74. The van der Waals surface area contributed by atoms with E-state index >= 15 is 0 Å². The molecule has 0 atom stereocenters. The Labute approximate surface area is 133 Å². The van der Waals surface area contributed by atoms with Crippen molar-refractivity contribution < 1.29 is 4.43 Å². The monoisotopic (exact) mass is 319 g/mol. The number of rotatable bonds is 3. The third kappa shape index (κ3) is 3.66. The maximum Gasteiger partial charge on any atom is 0.250 e. The van der Waals surface area contributed by atoms with Crippen LogP contribution in [0.5, 0.6) is 5.75 Å². The molecule has 0 radical (unpaired) electrons. The first-order chi connectivity index (χ1) is 9.71. The van der Waals surface area contributed by atoms with Crippen molar-refractivity contribution in [1.29, 1.82) is 0 Å². The molecule has 2 nitrogen and oxygen atoms in total. The highest BCUT2D eigenvalue weighted by Gasteiger charge is 2.38. The van der Waals surface area contributed by atoms with Gasteiger partial charge in [-0.1, -0.05) is 50.6 Å².